The van der Waals surface area contributed by atoms with E-state index in [1.54, 1.807) is 36.1 Å². The van der Waals surface area contributed by atoms with Crippen molar-refractivity contribution in [2.75, 3.05) is 0 Å². The highest BCUT2D eigenvalue weighted by Gasteiger charge is 2.06. The molecule has 1 heterocycles. The fourth-order valence-corrected chi connectivity index (χ4v) is 1.25. The Bertz CT molecular complexity index is 519. The van der Waals surface area contributed by atoms with Gasteiger partial charge in [-0.3, -0.25) is 0 Å². The molecule has 5 heteroatoms. The maximum atomic E-state index is 10.7. The van der Waals surface area contributed by atoms with Crippen molar-refractivity contribution in [1.29, 1.82) is 0 Å². The molecular formula is C11H10N2O3. The van der Waals surface area contributed by atoms with Gasteiger partial charge in [0, 0.05) is 19.4 Å². The topological polar surface area (TPSA) is 64.4 Å². The fraction of sp³-hybridized carbons (Fsp3) is 0.0909. The van der Waals surface area contributed by atoms with Crippen LogP contribution in [0.4, 0.5) is 0 Å². The minimum absolute atomic E-state index is 0.187. The van der Waals surface area contributed by atoms with Gasteiger partial charge in [-0.2, -0.15) is 0 Å². The molecule has 0 amide bonds. The molecule has 0 spiro atoms. The normalized spacial score (nSPS) is 10.1. The highest BCUT2D eigenvalue weighted by atomic mass is 16.5. The molecule has 1 aromatic carbocycles. The second kappa shape index (κ2) is 4.06. The molecule has 0 radical (unpaired) electrons. The molecule has 0 saturated carbocycles. The summed E-state index contributed by atoms with van der Waals surface area (Å²) in [6.45, 7) is 0. The number of nitrogens with zero attached hydrogens (tertiary/aromatic N) is 2. The molecule has 0 aliphatic heterocycles. The Balaban J connectivity index is 2.25. The Labute approximate surface area is 91.9 Å². The fourth-order valence-electron chi connectivity index (χ4n) is 1.25. The van der Waals surface area contributed by atoms with E-state index in [0.29, 0.717) is 11.8 Å². The van der Waals surface area contributed by atoms with Crippen LogP contribution in [0.1, 0.15) is 10.4 Å². The molecule has 0 aliphatic rings. The smallest absolute Gasteiger partial charge is 0.335 e. The lowest BCUT2D eigenvalue weighted by atomic mass is 10.2. The molecule has 0 aliphatic carbocycles. The summed E-state index contributed by atoms with van der Waals surface area (Å²) in [6.07, 6.45) is 3.35. The summed E-state index contributed by atoms with van der Waals surface area (Å²) in [4.78, 5) is 14.7. The van der Waals surface area contributed by atoms with Gasteiger partial charge < -0.3 is 14.4 Å². The van der Waals surface area contributed by atoms with Crippen LogP contribution in [0.25, 0.3) is 0 Å². The standard InChI is InChI=1S/C11H10N2O3/c1-13-6-5-12-11(13)16-9-4-2-3-8(7-9)10(14)15/h2-7H,1H3,(H,14,15). The number of benzene rings is 1. The molecule has 2 aromatic rings. The quantitative estimate of drug-likeness (QED) is 0.854. The van der Waals surface area contributed by atoms with Crippen LogP contribution in [0.2, 0.25) is 0 Å². The van der Waals surface area contributed by atoms with Gasteiger partial charge in [0.2, 0.25) is 0 Å². The Kier molecular flexibility index (Phi) is 2.59. The van der Waals surface area contributed by atoms with Gasteiger partial charge in [-0.05, 0) is 18.2 Å². The van der Waals surface area contributed by atoms with Gasteiger partial charge in [0.05, 0.1) is 5.56 Å². The number of carbonyl (C=O) groups is 1. The SMILES string of the molecule is Cn1ccnc1Oc1cccc(C(=O)O)c1. The number of ether oxygens (including phenoxy) is 1. The van der Waals surface area contributed by atoms with Crippen molar-refractivity contribution < 1.29 is 14.6 Å². The van der Waals surface area contributed by atoms with Crippen LogP contribution in [0, 0.1) is 0 Å². The van der Waals surface area contributed by atoms with Crippen LogP contribution in [-0.2, 0) is 7.05 Å². The Morgan fingerprint density at radius 2 is 2.31 bits per heavy atom. The van der Waals surface area contributed by atoms with E-state index >= 15 is 0 Å². The molecule has 5 nitrogen and oxygen atoms in total. The molecule has 2 rings (SSSR count). The third-order valence-electron chi connectivity index (χ3n) is 2.07. The first-order chi connectivity index (χ1) is 7.66. The average molecular weight is 218 g/mol. The predicted octanol–water partition coefficient (Wildman–Crippen LogP) is 1.91. The Morgan fingerprint density at radius 3 is 2.94 bits per heavy atom. The van der Waals surface area contributed by atoms with Gasteiger partial charge in [0.25, 0.3) is 0 Å². The van der Waals surface area contributed by atoms with Crippen molar-refractivity contribution in [3.8, 4) is 11.8 Å². The van der Waals surface area contributed by atoms with Gasteiger partial charge in [-0.15, -0.1) is 0 Å². The lowest BCUT2D eigenvalue weighted by Gasteiger charge is -2.05. The maximum Gasteiger partial charge on any atom is 0.335 e. The zero-order chi connectivity index (χ0) is 11.5. The van der Waals surface area contributed by atoms with Crippen molar-refractivity contribution >= 4 is 5.97 Å². The average Bonchev–Trinajstić information content (AvgIpc) is 2.65. The number of carboxylic acid groups (broad SMARTS) is 1. The number of hydrogen-bond acceptors (Lipinski definition) is 3. The first kappa shape index (κ1) is 10.2. The Hall–Kier alpha value is -2.30. The molecule has 1 aromatic heterocycles. The van der Waals surface area contributed by atoms with Crippen molar-refractivity contribution in [1.82, 2.24) is 9.55 Å². The molecule has 0 bridgehead atoms. The number of imidazole rings is 1. The summed E-state index contributed by atoms with van der Waals surface area (Å²) in [5.74, 6) is -0.528. The molecule has 0 atom stereocenters. The van der Waals surface area contributed by atoms with E-state index in [9.17, 15) is 4.79 Å². The van der Waals surface area contributed by atoms with Gasteiger partial charge in [-0.25, -0.2) is 9.78 Å². The third-order valence-corrected chi connectivity index (χ3v) is 2.07. The largest absolute Gasteiger partial charge is 0.478 e. The lowest BCUT2D eigenvalue weighted by Crippen LogP contribution is -1.97. The first-order valence-electron chi connectivity index (χ1n) is 4.65. The number of rotatable bonds is 3. The molecule has 0 saturated heterocycles. The highest BCUT2D eigenvalue weighted by molar-refractivity contribution is 5.88. The molecule has 0 fully saturated rings. The Morgan fingerprint density at radius 1 is 1.50 bits per heavy atom. The van der Waals surface area contributed by atoms with Crippen LogP contribution in [0.15, 0.2) is 36.7 Å². The maximum absolute atomic E-state index is 10.7. The zero-order valence-electron chi connectivity index (χ0n) is 8.62. The minimum Gasteiger partial charge on any atom is -0.478 e. The zero-order valence-corrected chi connectivity index (χ0v) is 8.62. The second-order valence-corrected chi connectivity index (χ2v) is 3.26. The second-order valence-electron chi connectivity index (χ2n) is 3.26. The number of aromatic nitrogens is 2. The van der Waals surface area contributed by atoms with E-state index in [1.165, 1.54) is 12.1 Å². The van der Waals surface area contributed by atoms with Crippen molar-refractivity contribution in [3.63, 3.8) is 0 Å². The summed E-state index contributed by atoms with van der Waals surface area (Å²) >= 11 is 0. The number of carboxylic acids is 1. The summed E-state index contributed by atoms with van der Waals surface area (Å²) in [5.41, 5.74) is 0.187. The summed E-state index contributed by atoms with van der Waals surface area (Å²) in [7, 11) is 1.80. The summed E-state index contributed by atoms with van der Waals surface area (Å²) in [5, 5.41) is 8.81. The number of aryl methyl sites for hydroxylation is 1. The lowest BCUT2D eigenvalue weighted by molar-refractivity contribution is 0.0696. The van der Waals surface area contributed by atoms with E-state index < -0.39 is 5.97 Å². The summed E-state index contributed by atoms with van der Waals surface area (Å²) in [6, 6.07) is 6.69. The van der Waals surface area contributed by atoms with Crippen LogP contribution < -0.4 is 4.74 Å². The highest BCUT2D eigenvalue weighted by Crippen LogP contribution is 2.19. The number of hydrogen-bond donors (Lipinski definition) is 1. The van der Waals surface area contributed by atoms with E-state index in [4.69, 9.17) is 9.84 Å². The summed E-state index contributed by atoms with van der Waals surface area (Å²) < 4.78 is 7.13. The molecule has 16 heavy (non-hydrogen) atoms. The van der Waals surface area contributed by atoms with Crippen molar-refractivity contribution in [2.45, 2.75) is 0 Å². The minimum atomic E-state index is -0.981. The van der Waals surface area contributed by atoms with E-state index in [0.717, 1.165) is 0 Å². The monoisotopic (exact) mass is 218 g/mol. The molecule has 0 unspecified atom stereocenters. The van der Waals surface area contributed by atoms with Crippen LogP contribution in [-0.4, -0.2) is 20.6 Å². The molecular weight excluding hydrogens is 208 g/mol. The molecule has 1 N–H and O–H groups in total. The van der Waals surface area contributed by atoms with Crippen LogP contribution >= 0.6 is 0 Å². The molecule has 82 valence electrons. The van der Waals surface area contributed by atoms with Crippen LogP contribution in [0.5, 0.6) is 11.8 Å². The van der Waals surface area contributed by atoms with Gasteiger partial charge in [0.15, 0.2) is 0 Å². The van der Waals surface area contributed by atoms with Gasteiger partial charge >= 0.3 is 12.0 Å². The van der Waals surface area contributed by atoms with Crippen LogP contribution in [0.3, 0.4) is 0 Å². The van der Waals surface area contributed by atoms with E-state index in [2.05, 4.69) is 4.98 Å². The van der Waals surface area contributed by atoms with E-state index in [-0.39, 0.29) is 5.56 Å². The third kappa shape index (κ3) is 2.03. The van der Waals surface area contributed by atoms with Crippen molar-refractivity contribution in [2.24, 2.45) is 7.05 Å². The van der Waals surface area contributed by atoms with Crippen molar-refractivity contribution in [3.05, 3.63) is 42.2 Å². The number of aromatic carboxylic acids is 1. The predicted molar refractivity (Wildman–Crippen MR) is 56.7 cm³/mol. The first-order valence-corrected chi connectivity index (χ1v) is 4.65. The van der Waals surface area contributed by atoms with E-state index in [1.807, 2.05) is 0 Å². The van der Waals surface area contributed by atoms with Gasteiger partial charge in [-0.1, -0.05) is 6.07 Å². The van der Waals surface area contributed by atoms with Gasteiger partial charge in [0.1, 0.15) is 5.75 Å².